The summed E-state index contributed by atoms with van der Waals surface area (Å²) in [5, 5.41) is 0. The lowest BCUT2D eigenvalue weighted by molar-refractivity contribution is 0.112. The second-order valence-corrected chi connectivity index (χ2v) is 11.0. The van der Waals surface area contributed by atoms with Crippen molar-refractivity contribution in [1.82, 2.24) is 0 Å². The zero-order chi connectivity index (χ0) is 23.5. The van der Waals surface area contributed by atoms with Gasteiger partial charge in [-0.1, -0.05) is 75.2 Å². The molecule has 184 valence electrons. The molecule has 0 bridgehead atoms. The molecule has 0 heterocycles. The molecule has 0 aliphatic heterocycles. The first kappa shape index (κ1) is 26.3. The van der Waals surface area contributed by atoms with Gasteiger partial charge in [0.1, 0.15) is 0 Å². The maximum Gasteiger partial charge on any atom is 0.0721 e. The van der Waals surface area contributed by atoms with Crippen LogP contribution in [0.25, 0.3) is 0 Å². The summed E-state index contributed by atoms with van der Waals surface area (Å²) in [5.41, 5.74) is 2.86. The zero-order valence-corrected chi connectivity index (χ0v) is 21.8. The van der Waals surface area contributed by atoms with Crippen LogP contribution in [0.3, 0.4) is 0 Å². The van der Waals surface area contributed by atoms with Crippen molar-refractivity contribution in [2.45, 2.75) is 98.0 Å². The molecule has 2 atom stereocenters. The molecule has 2 unspecified atom stereocenters. The summed E-state index contributed by atoms with van der Waals surface area (Å²) >= 11 is 0. The Morgan fingerprint density at radius 1 is 0.939 bits per heavy atom. The summed E-state index contributed by atoms with van der Waals surface area (Å²) < 4.78 is 5.94. The Morgan fingerprint density at radius 3 is 2.12 bits per heavy atom. The Hall–Kier alpha value is -1.34. The van der Waals surface area contributed by atoms with E-state index in [9.17, 15) is 0 Å². The van der Waals surface area contributed by atoms with E-state index in [0.29, 0.717) is 6.61 Å². The molecule has 2 aliphatic carbocycles. The van der Waals surface area contributed by atoms with Crippen LogP contribution < -0.4 is 0 Å². The van der Waals surface area contributed by atoms with Crippen LogP contribution in [0.5, 0.6) is 0 Å². The number of rotatable bonds is 12. The van der Waals surface area contributed by atoms with E-state index in [0.717, 1.165) is 48.5 Å². The van der Waals surface area contributed by atoms with Gasteiger partial charge < -0.3 is 4.74 Å². The molecule has 1 aromatic rings. The minimum Gasteiger partial charge on any atom is -0.373 e. The molecule has 0 saturated heterocycles. The van der Waals surface area contributed by atoms with E-state index in [4.69, 9.17) is 4.74 Å². The van der Waals surface area contributed by atoms with E-state index in [-0.39, 0.29) is 0 Å². The highest BCUT2D eigenvalue weighted by Gasteiger charge is 2.33. The minimum absolute atomic E-state index is 0.711. The van der Waals surface area contributed by atoms with E-state index in [1.807, 2.05) is 0 Å². The van der Waals surface area contributed by atoms with Crippen LogP contribution in [0.4, 0.5) is 0 Å². The summed E-state index contributed by atoms with van der Waals surface area (Å²) in [5.74, 6) is 5.43. The molecule has 33 heavy (non-hydrogen) atoms. The van der Waals surface area contributed by atoms with Crippen molar-refractivity contribution >= 4 is 0 Å². The van der Waals surface area contributed by atoms with Crippen LogP contribution in [0, 0.1) is 35.5 Å². The van der Waals surface area contributed by atoms with Gasteiger partial charge in [-0.05, 0) is 105 Å². The predicted molar refractivity (Wildman–Crippen MR) is 143 cm³/mol. The largest absolute Gasteiger partial charge is 0.373 e. The van der Waals surface area contributed by atoms with E-state index in [2.05, 4.69) is 69.8 Å². The van der Waals surface area contributed by atoms with Gasteiger partial charge in [-0.15, -0.1) is 6.58 Å². The molecule has 2 fully saturated rings. The first-order valence-electron chi connectivity index (χ1n) is 14.1. The van der Waals surface area contributed by atoms with Crippen molar-refractivity contribution in [3.8, 4) is 0 Å². The molecule has 0 amide bonds. The summed E-state index contributed by atoms with van der Waals surface area (Å²) in [7, 11) is 0. The Labute approximate surface area is 205 Å². The second kappa shape index (κ2) is 14.1. The molecule has 0 aromatic heterocycles. The Balaban J connectivity index is 1.42. The maximum atomic E-state index is 5.94. The zero-order valence-electron chi connectivity index (χ0n) is 21.8. The predicted octanol–water partition coefficient (Wildman–Crippen LogP) is 9.39. The van der Waals surface area contributed by atoms with Gasteiger partial charge in [0.2, 0.25) is 0 Å². The highest BCUT2D eigenvalue weighted by molar-refractivity contribution is 5.13. The first-order chi connectivity index (χ1) is 16.1. The Bertz CT molecular complexity index is 688. The molecular formula is C32H50O. The molecule has 1 heteroatoms. The molecule has 3 rings (SSSR count). The topological polar surface area (TPSA) is 9.23 Å². The number of benzene rings is 1. The molecule has 0 N–H and O–H groups in total. The average Bonchev–Trinajstić information content (AvgIpc) is 2.88. The third kappa shape index (κ3) is 8.13. The summed E-state index contributed by atoms with van der Waals surface area (Å²) in [6.07, 6.45) is 19.8. The minimum atomic E-state index is 0.711. The highest BCUT2D eigenvalue weighted by Crippen LogP contribution is 2.44. The number of hydrogen-bond acceptors (Lipinski definition) is 1. The van der Waals surface area contributed by atoms with Crippen LogP contribution in [0.2, 0.25) is 0 Å². The van der Waals surface area contributed by atoms with Crippen molar-refractivity contribution in [2.75, 3.05) is 6.61 Å². The van der Waals surface area contributed by atoms with Gasteiger partial charge in [0.05, 0.1) is 13.2 Å². The van der Waals surface area contributed by atoms with Gasteiger partial charge in [0.15, 0.2) is 0 Å². The van der Waals surface area contributed by atoms with Crippen molar-refractivity contribution in [3.05, 3.63) is 60.2 Å². The summed E-state index contributed by atoms with van der Waals surface area (Å²) in [6, 6.07) is 10.5. The van der Waals surface area contributed by atoms with Crippen molar-refractivity contribution < 1.29 is 4.74 Å². The average molecular weight is 451 g/mol. The van der Waals surface area contributed by atoms with Crippen molar-refractivity contribution in [3.63, 3.8) is 0 Å². The Morgan fingerprint density at radius 2 is 1.55 bits per heavy atom. The number of allylic oxidation sites excluding steroid dienone is 2. The van der Waals surface area contributed by atoms with E-state index >= 15 is 0 Å². The van der Waals surface area contributed by atoms with Gasteiger partial charge in [-0.2, -0.15) is 0 Å². The fourth-order valence-electron chi connectivity index (χ4n) is 6.71. The standard InChI is InChI=1S/C32H50O/c1-5-26-13-15-30(16-14-26)25(4)31-17-19-32(20-18-31)29(7-3)23-27(6-2)21-22-33-24-28-11-9-8-10-12-28/h5,8-12,21,25-26,29-32H,1,6-7,13-20,22-24H2,2-4H3/b27-21+. The highest BCUT2D eigenvalue weighted by atomic mass is 16.5. The van der Waals surface area contributed by atoms with Crippen LogP contribution in [-0.2, 0) is 11.3 Å². The smallest absolute Gasteiger partial charge is 0.0721 e. The van der Waals surface area contributed by atoms with Crippen molar-refractivity contribution in [2.24, 2.45) is 35.5 Å². The summed E-state index contributed by atoms with van der Waals surface area (Å²) in [6.45, 7) is 12.8. The van der Waals surface area contributed by atoms with E-state index in [1.54, 1.807) is 5.57 Å². The van der Waals surface area contributed by atoms with Gasteiger partial charge >= 0.3 is 0 Å². The van der Waals surface area contributed by atoms with Gasteiger partial charge in [-0.3, -0.25) is 0 Å². The Kier molecular flexibility index (Phi) is 11.3. The third-order valence-corrected chi connectivity index (χ3v) is 9.22. The van der Waals surface area contributed by atoms with E-state index < -0.39 is 0 Å². The number of hydrogen-bond donors (Lipinski definition) is 0. The fraction of sp³-hybridized carbons (Fsp3) is 0.688. The van der Waals surface area contributed by atoms with Crippen LogP contribution in [0.15, 0.2) is 54.6 Å². The molecular weight excluding hydrogens is 400 g/mol. The molecule has 2 aliphatic rings. The molecule has 0 radical (unpaired) electrons. The van der Waals surface area contributed by atoms with Crippen LogP contribution in [0.1, 0.15) is 97.0 Å². The first-order valence-corrected chi connectivity index (χ1v) is 14.1. The number of ether oxygens (including phenoxy) is 1. The summed E-state index contributed by atoms with van der Waals surface area (Å²) in [4.78, 5) is 0. The van der Waals surface area contributed by atoms with Gasteiger partial charge in [-0.25, -0.2) is 0 Å². The second-order valence-electron chi connectivity index (χ2n) is 11.0. The normalized spacial score (nSPS) is 28.3. The van der Waals surface area contributed by atoms with Gasteiger partial charge in [0, 0.05) is 0 Å². The van der Waals surface area contributed by atoms with Crippen molar-refractivity contribution in [1.29, 1.82) is 0 Å². The van der Waals surface area contributed by atoms with E-state index in [1.165, 1.54) is 69.8 Å². The lowest BCUT2D eigenvalue weighted by Gasteiger charge is -2.40. The fourth-order valence-corrected chi connectivity index (χ4v) is 6.71. The lowest BCUT2D eigenvalue weighted by atomic mass is 9.65. The third-order valence-electron chi connectivity index (χ3n) is 9.22. The quantitative estimate of drug-likeness (QED) is 0.227. The lowest BCUT2D eigenvalue weighted by Crippen LogP contribution is -2.30. The SMILES string of the molecule is C=CC1CCC(C(C)C2CCC(C(CC)C/C(=C/COCc3ccccc3)CC)CC2)CC1. The van der Waals surface area contributed by atoms with Crippen LogP contribution in [-0.4, -0.2) is 6.61 Å². The van der Waals surface area contributed by atoms with Crippen LogP contribution >= 0.6 is 0 Å². The molecule has 0 spiro atoms. The molecule has 2 saturated carbocycles. The molecule has 1 nitrogen and oxygen atoms in total. The monoisotopic (exact) mass is 450 g/mol. The molecule has 1 aromatic carbocycles. The van der Waals surface area contributed by atoms with Gasteiger partial charge in [0.25, 0.3) is 0 Å². The maximum absolute atomic E-state index is 5.94.